The molecule has 0 N–H and O–H groups in total. The number of fused-ring (bicyclic) bond motifs is 2. The third kappa shape index (κ3) is 3.40. The van der Waals surface area contributed by atoms with Crippen LogP contribution in [0, 0.1) is 0 Å². The Bertz CT molecular complexity index is 1270. The average molecular weight is 432 g/mol. The van der Waals surface area contributed by atoms with Crippen LogP contribution in [0.5, 0.6) is 11.5 Å². The largest absolute Gasteiger partial charge is 0.425 e. The highest BCUT2D eigenvalue weighted by molar-refractivity contribution is 5.90. The van der Waals surface area contributed by atoms with E-state index < -0.39 is 11.8 Å². The third-order valence-corrected chi connectivity index (χ3v) is 6.34. The number of ether oxygens (including phenoxy) is 2. The molecule has 0 saturated carbocycles. The van der Waals surface area contributed by atoms with Crippen molar-refractivity contribution >= 4 is 11.9 Å². The number of hydrogen-bond acceptors (Lipinski definition) is 4. The van der Waals surface area contributed by atoms with Gasteiger partial charge in [0.1, 0.15) is 23.3 Å². The second kappa shape index (κ2) is 7.75. The molecular weight excluding hydrogens is 412 g/mol. The number of benzene rings is 4. The summed E-state index contributed by atoms with van der Waals surface area (Å²) in [6.45, 7) is 0. The van der Waals surface area contributed by atoms with Crippen LogP contribution in [-0.4, -0.2) is 11.9 Å². The number of hydrogen-bond donors (Lipinski definition) is 0. The Hall–Kier alpha value is -4.18. The molecule has 2 unspecified atom stereocenters. The zero-order valence-electron chi connectivity index (χ0n) is 17.7. The van der Waals surface area contributed by atoms with Crippen LogP contribution < -0.4 is 9.47 Å². The van der Waals surface area contributed by atoms with E-state index in [0.29, 0.717) is 17.9 Å². The minimum absolute atomic E-state index is 0.243. The molecule has 0 amide bonds. The maximum Gasteiger partial charge on any atom is 0.323 e. The molecule has 0 saturated heterocycles. The van der Waals surface area contributed by atoms with Crippen LogP contribution >= 0.6 is 0 Å². The molecule has 4 aromatic rings. The van der Waals surface area contributed by atoms with Gasteiger partial charge >= 0.3 is 11.9 Å². The predicted octanol–water partition coefficient (Wildman–Crippen LogP) is 5.38. The quantitative estimate of drug-likeness (QED) is 0.321. The van der Waals surface area contributed by atoms with Crippen molar-refractivity contribution in [2.45, 2.75) is 18.3 Å². The van der Waals surface area contributed by atoms with Crippen molar-refractivity contribution < 1.29 is 19.1 Å². The Labute approximate surface area is 191 Å². The van der Waals surface area contributed by atoms with E-state index in [-0.39, 0.29) is 11.9 Å². The zero-order valence-corrected chi connectivity index (χ0v) is 17.7. The fraction of sp³-hybridized carbons (Fsp3) is 0.103. The number of rotatable bonds is 4. The summed E-state index contributed by atoms with van der Waals surface area (Å²) in [5, 5.41) is 0. The smallest absolute Gasteiger partial charge is 0.323 e. The van der Waals surface area contributed by atoms with Gasteiger partial charge in [-0.15, -0.1) is 0 Å². The van der Waals surface area contributed by atoms with Crippen molar-refractivity contribution in [2.75, 3.05) is 0 Å². The molecule has 0 radical (unpaired) electrons. The molecule has 6 rings (SSSR count). The van der Waals surface area contributed by atoms with E-state index in [2.05, 4.69) is 12.1 Å². The number of carbonyl (C=O) groups is 2. The lowest BCUT2D eigenvalue weighted by atomic mass is 9.89. The SMILES string of the molecule is O=C1Oc2ccc(Cc3ccc4c(c3)C(c3ccccc3)C(=O)O4)cc2C1c1ccccc1. The first kappa shape index (κ1) is 19.5. The molecule has 4 aromatic carbocycles. The van der Waals surface area contributed by atoms with Crippen molar-refractivity contribution in [2.24, 2.45) is 0 Å². The van der Waals surface area contributed by atoms with E-state index in [1.54, 1.807) is 0 Å². The summed E-state index contributed by atoms with van der Waals surface area (Å²) in [6, 6.07) is 31.3. The van der Waals surface area contributed by atoms with Gasteiger partial charge in [-0.1, -0.05) is 84.9 Å². The zero-order chi connectivity index (χ0) is 22.4. The van der Waals surface area contributed by atoms with Crippen LogP contribution in [0.1, 0.15) is 45.2 Å². The van der Waals surface area contributed by atoms with Crippen molar-refractivity contribution in [1.29, 1.82) is 0 Å². The molecule has 2 aliphatic heterocycles. The topological polar surface area (TPSA) is 52.6 Å². The van der Waals surface area contributed by atoms with Crippen molar-refractivity contribution in [3.8, 4) is 11.5 Å². The molecule has 0 fully saturated rings. The van der Waals surface area contributed by atoms with Gasteiger partial charge in [0.05, 0.1) is 0 Å². The molecule has 4 nitrogen and oxygen atoms in total. The number of esters is 2. The Morgan fingerprint density at radius 1 is 0.545 bits per heavy atom. The molecule has 2 atom stereocenters. The highest BCUT2D eigenvalue weighted by Gasteiger charge is 2.36. The summed E-state index contributed by atoms with van der Waals surface area (Å²) in [6.07, 6.45) is 0.673. The fourth-order valence-corrected chi connectivity index (χ4v) is 4.80. The first-order chi connectivity index (χ1) is 16.2. The third-order valence-electron chi connectivity index (χ3n) is 6.34. The second-order valence-electron chi connectivity index (χ2n) is 8.45. The average Bonchev–Trinajstić information content (AvgIpc) is 3.34. The fourth-order valence-electron chi connectivity index (χ4n) is 4.80. The van der Waals surface area contributed by atoms with Crippen LogP contribution in [0.2, 0.25) is 0 Å². The van der Waals surface area contributed by atoms with Gasteiger partial charge in [0, 0.05) is 11.1 Å². The first-order valence-corrected chi connectivity index (χ1v) is 11.0. The van der Waals surface area contributed by atoms with Crippen LogP contribution in [0.15, 0.2) is 97.1 Å². The number of carbonyl (C=O) groups excluding carboxylic acids is 2. The molecule has 2 aliphatic rings. The van der Waals surface area contributed by atoms with Gasteiger partial charge in [0.2, 0.25) is 0 Å². The van der Waals surface area contributed by atoms with Crippen molar-refractivity contribution in [3.63, 3.8) is 0 Å². The summed E-state index contributed by atoms with van der Waals surface area (Å²) in [7, 11) is 0. The van der Waals surface area contributed by atoms with Crippen molar-refractivity contribution in [1.82, 2.24) is 0 Å². The standard InChI is InChI=1S/C29H20O4/c30-28-26(20-7-3-1-4-8-20)22-16-18(11-13-24(22)32-28)15-19-12-14-25-23(17-19)27(29(31)33-25)21-9-5-2-6-10-21/h1-14,16-17,26-27H,15H2. The Morgan fingerprint density at radius 2 is 0.970 bits per heavy atom. The molecule has 0 aromatic heterocycles. The Morgan fingerprint density at radius 3 is 1.39 bits per heavy atom. The van der Waals surface area contributed by atoms with Gasteiger partial charge in [-0.25, -0.2) is 0 Å². The lowest BCUT2D eigenvalue weighted by molar-refractivity contribution is -0.134. The lowest BCUT2D eigenvalue weighted by Crippen LogP contribution is -2.11. The summed E-state index contributed by atoms with van der Waals surface area (Å²) < 4.78 is 11.0. The van der Waals surface area contributed by atoms with Gasteiger partial charge in [-0.05, 0) is 40.8 Å². The van der Waals surface area contributed by atoms with Gasteiger partial charge < -0.3 is 9.47 Å². The second-order valence-corrected chi connectivity index (χ2v) is 8.45. The maximum absolute atomic E-state index is 12.6. The van der Waals surface area contributed by atoms with E-state index in [1.165, 1.54) is 0 Å². The minimum atomic E-state index is -0.408. The predicted molar refractivity (Wildman–Crippen MR) is 124 cm³/mol. The van der Waals surface area contributed by atoms with Crippen LogP contribution in [0.25, 0.3) is 0 Å². The van der Waals surface area contributed by atoms with E-state index in [1.807, 2.05) is 84.9 Å². The molecule has 4 heteroatoms. The van der Waals surface area contributed by atoms with E-state index in [4.69, 9.17) is 9.47 Å². The maximum atomic E-state index is 12.6. The molecule has 0 spiro atoms. The van der Waals surface area contributed by atoms with E-state index in [0.717, 1.165) is 33.4 Å². The lowest BCUT2D eigenvalue weighted by Gasteiger charge is -2.11. The first-order valence-electron chi connectivity index (χ1n) is 11.0. The summed E-state index contributed by atoms with van der Waals surface area (Å²) >= 11 is 0. The van der Waals surface area contributed by atoms with Crippen LogP contribution in [0.4, 0.5) is 0 Å². The molecular formula is C29H20O4. The normalized spacial score (nSPS) is 18.4. The molecule has 0 aliphatic carbocycles. The van der Waals surface area contributed by atoms with Gasteiger partial charge in [-0.2, -0.15) is 0 Å². The van der Waals surface area contributed by atoms with Gasteiger partial charge in [0.15, 0.2) is 0 Å². The van der Waals surface area contributed by atoms with E-state index >= 15 is 0 Å². The molecule has 0 bridgehead atoms. The van der Waals surface area contributed by atoms with Gasteiger partial charge in [-0.3, -0.25) is 9.59 Å². The summed E-state index contributed by atoms with van der Waals surface area (Å²) in [4.78, 5) is 25.1. The molecule has 2 heterocycles. The minimum Gasteiger partial charge on any atom is -0.425 e. The molecule has 160 valence electrons. The van der Waals surface area contributed by atoms with Gasteiger partial charge in [0.25, 0.3) is 0 Å². The highest BCUT2D eigenvalue weighted by atomic mass is 16.5. The summed E-state index contributed by atoms with van der Waals surface area (Å²) in [5.74, 6) is -0.0619. The Balaban J connectivity index is 1.33. The summed E-state index contributed by atoms with van der Waals surface area (Å²) in [5.41, 5.74) is 5.80. The van der Waals surface area contributed by atoms with Crippen LogP contribution in [0.3, 0.4) is 0 Å². The van der Waals surface area contributed by atoms with Crippen LogP contribution in [-0.2, 0) is 16.0 Å². The van der Waals surface area contributed by atoms with E-state index in [9.17, 15) is 9.59 Å². The monoisotopic (exact) mass is 432 g/mol. The highest BCUT2D eigenvalue weighted by Crippen LogP contribution is 2.41. The van der Waals surface area contributed by atoms with Crippen molar-refractivity contribution in [3.05, 3.63) is 130 Å². The Kier molecular flexibility index (Phi) is 4.58. The molecule has 33 heavy (non-hydrogen) atoms.